The Hall–Kier alpha value is -1.23. The zero-order chi connectivity index (χ0) is 13.9. The van der Waals surface area contributed by atoms with E-state index in [1.54, 1.807) is 14.0 Å². The van der Waals surface area contributed by atoms with E-state index < -0.39 is 11.9 Å². The van der Waals surface area contributed by atoms with Crippen LogP contribution in [0.3, 0.4) is 0 Å². The van der Waals surface area contributed by atoms with Crippen LogP contribution in [0.1, 0.15) is 30.9 Å². The fourth-order valence-corrected chi connectivity index (χ4v) is 2.74. The zero-order valence-corrected chi connectivity index (χ0v) is 12.5. The van der Waals surface area contributed by atoms with Crippen LogP contribution < -0.4 is 9.47 Å². The lowest BCUT2D eigenvalue weighted by atomic mass is 9.96. The van der Waals surface area contributed by atoms with Crippen LogP contribution in [0.15, 0.2) is 10.5 Å². The van der Waals surface area contributed by atoms with Crippen molar-refractivity contribution in [3.63, 3.8) is 0 Å². The molecular weight excluding hydrogens is 300 g/mol. The first kappa shape index (κ1) is 14.8. The Kier molecular flexibility index (Phi) is 5.02. The first-order valence-corrected chi connectivity index (χ1v) is 6.43. The standard InChI is InChI=1S/C13H17BrO4/c1-5-8-6-9(17-3)12(18-4)10(11(8)14)7(2)13(15)16/h6-7H,5H2,1-4H3,(H,15,16). The summed E-state index contributed by atoms with van der Waals surface area (Å²) in [5, 5.41) is 9.19. The van der Waals surface area contributed by atoms with Gasteiger partial charge in [-0.1, -0.05) is 22.9 Å². The van der Waals surface area contributed by atoms with E-state index >= 15 is 0 Å². The van der Waals surface area contributed by atoms with Gasteiger partial charge in [0.1, 0.15) is 0 Å². The highest BCUT2D eigenvalue weighted by Gasteiger charge is 2.26. The molecule has 1 aromatic carbocycles. The van der Waals surface area contributed by atoms with Crippen molar-refractivity contribution in [2.75, 3.05) is 14.2 Å². The lowest BCUT2D eigenvalue weighted by molar-refractivity contribution is -0.138. The first-order chi connectivity index (χ1) is 8.47. The normalized spacial score (nSPS) is 12.1. The van der Waals surface area contributed by atoms with Crippen molar-refractivity contribution in [2.24, 2.45) is 0 Å². The van der Waals surface area contributed by atoms with E-state index in [4.69, 9.17) is 9.47 Å². The lowest BCUT2D eigenvalue weighted by Gasteiger charge is -2.19. The van der Waals surface area contributed by atoms with E-state index in [9.17, 15) is 9.90 Å². The molecule has 0 aliphatic heterocycles. The molecule has 18 heavy (non-hydrogen) atoms. The number of aliphatic carboxylic acids is 1. The number of hydrogen-bond donors (Lipinski definition) is 1. The summed E-state index contributed by atoms with van der Waals surface area (Å²) >= 11 is 3.47. The van der Waals surface area contributed by atoms with Gasteiger partial charge in [0.25, 0.3) is 0 Å². The van der Waals surface area contributed by atoms with Gasteiger partial charge in [0.15, 0.2) is 11.5 Å². The van der Waals surface area contributed by atoms with Crippen LogP contribution in [-0.4, -0.2) is 25.3 Å². The fourth-order valence-electron chi connectivity index (χ4n) is 1.82. The van der Waals surface area contributed by atoms with Crippen molar-refractivity contribution in [1.29, 1.82) is 0 Å². The van der Waals surface area contributed by atoms with Crippen molar-refractivity contribution in [3.8, 4) is 11.5 Å². The number of carbonyl (C=O) groups is 1. The van der Waals surface area contributed by atoms with Gasteiger partial charge in [-0.25, -0.2) is 0 Å². The predicted octanol–water partition coefficient (Wildman–Crippen LogP) is 3.22. The van der Waals surface area contributed by atoms with Gasteiger partial charge in [0, 0.05) is 10.0 Å². The number of ether oxygens (including phenoxy) is 2. The molecule has 0 aromatic heterocycles. The molecule has 4 nitrogen and oxygen atoms in total. The number of carboxylic acid groups (broad SMARTS) is 1. The van der Waals surface area contributed by atoms with Gasteiger partial charge >= 0.3 is 5.97 Å². The van der Waals surface area contributed by atoms with Crippen LogP contribution in [0.4, 0.5) is 0 Å². The first-order valence-electron chi connectivity index (χ1n) is 5.63. The van der Waals surface area contributed by atoms with Crippen LogP contribution in [0, 0.1) is 0 Å². The van der Waals surface area contributed by atoms with Gasteiger partial charge in [-0.3, -0.25) is 4.79 Å². The Bertz CT molecular complexity index is 457. The number of hydrogen-bond acceptors (Lipinski definition) is 3. The topological polar surface area (TPSA) is 55.8 Å². The number of rotatable bonds is 5. The summed E-state index contributed by atoms with van der Waals surface area (Å²) in [7, 11) is 3.05. The van der Waals surface area contributed by atoms with Crippen LogP contribution in [0.2, 0.25) is 0 Å². The summed E-state index contributed by atoms with van der Waals surface area (Å²) in [6, 6.07) is 1.86. The van der Waals surface area contributed by atoms with E-state index in [1.807, 2.05) is 13.0 Å². The van der Waals surface area contributed by atoms with Gasteiger partial charge in [-0.15, -0.1) is 0 Å². The second kappa shape index (κ2) is 6.09. The summed E-state index contributed by atoms with van der Waals surface area (Å²) in [5.41, 5.74) is 1.61. The molecule has 0 aliphatic rings. The Balaban J connectivity index is 3.57. The SMILES string of the molecule is CCc1cc(OC)c(OC)c(C(C)C(=O)O)c1Br. The summed E-state index contributed by atoms with van der Waals surface area (Å²) in [6.07, 6.45) is 0.778. The van der Waals surface area contributed by atoms with Gasteiger partial charge in [0.05, 0.1) is 20.1 Å². The molecule has 1 rings (SSSR count). The molecule has 0 spiro atoms. The summed E-state index contributed by atoms with van der Waals surface area (Å²) < 4.78 is 11.3. The number of benzene rings is 1. The second-order valence-corrected chi connectivity index (χ2v) is 4.71. The zero-order valence-electron chi connectivity index (χ0n) is 10.9. The molecule has 1 unspecified atom stereocenters. The second-order valence-electron chi connectivity index (χ2n) is 3.91. The molecule has 1 atom stereocenters. The smallest absolute Gasteiger partial charge is 0.310 e. The minimum absolute atomic E-state index is 0.469. The molecule has 0 saturated heterocycles. The third-order valence-electron chi connectivity index (χ3n) is 2.90. The molecule has 0 saturated carbocycles. The largest absolute Gasteiger partial charge is 0.493 e. The maximum absolute atomic E-state index is 11.2. The summed E-state index contributed by atoms with van der Waals surface area (Å²) in [4.78, 5) is 11.2. The highest BCUT2D eigenvalue weighted by Crippen LogP contribution is 2.43. The Morgan fingerprint density at radius 2 is 2.06 bits per heavy atom. The van der Waals surface area contributed by atoms with Crippen molar-refractivity contribution in [3.05, 3.63) is 21.7 Å². The van der Waals surface area contributed by atoms with Crippen molar-refractivity contribution in [2.45, 2.75) is 26.2 Å². The Morgan fingerprint density at radius 3 is 2.44 bits per heavy atom. The van der Waals surface area contributed by atoms with E-state index in [2.05, 4.69) is 15.9 Å². The maximum atomic E-state index is 11.2. The lowest BCUT2D eigenvalue weighted by Crippen LogP contribution is -2.11. The van der Waals surface area contributed by atoms with Gasteiger partial charge in [-0.05, 0) is 25.0 Å². The van der Waals surface area contributed by atoms with E-state index in [1.165, 1.54) is 7.11 Å². The van der Waals surface area contributed by atoms with Gasteiger partial charge < -0.3 is 14.6 Å². The molecule has 0 heterocycles. The minimum atomic E-state index is -0.899. The number of aryl methyl sites for hydroxylation is 1. The fraction of sp³-hybridized carbons (Fsp3) is 0.462. The molecule has 0 bridgehead atoms. The average Bonchev–Trinajstić information content (AvgIpc) is 2.36. The third-order valence-corrected chi connectivity index (χ3v) is 3.84. The molecule has 1 aromatic rings. The highest BCUT2D eigenvalue weighted by atomic mass is 79.9. The highest BCUT2D eigenvalue weighted by molar-refractivity contribution is 9.10. The van der Waals surface area contributed by atoms with E-state index in [0.29, 0.717) is 17.1 Å². The van der Waals surface area contributed by atoms with Crippen molar-refractivity contribution < 1.29 is 19.4 Å². The third kappa shape index (κ3) is 2.61. The van der Waals surface area contributed by atoms with E-state index in [-0.39, 0.29) is 0 Å². The minimum Gasteiger partial charge on any atom is -0.493 e. The monoisotopic (exact) mass is 316 g/mol. The summed E-state index contributed by atoms with van der Waals surface area (Å²) in [5.74, 6) is -0.545. The molecule has 0 aliphatic carbocycles. The molecular formula is C13H17BrO4. The van der Waals surface area contributed by atoms with Crippen LogP contribution >= 0.6 is 15.9 Å². The molecule has 0 amide bonds. The molecule has 5 heteroatoms. The maximum Gasteiger partial charge on any atom is 0.310 e. The van der Waals surface area contributed by atoms with Crippen LogP contribution in [0.5, 0.6) is 11.5 Å². The van der Waals surface area contributed by atoms with Gasteiger partial charge in [-0.2, -0.15) is 0 Å². The van der Waals surface area contributed by atoms with E-state index in [0.717, 1.165) is 16.5 Å². The molecule has 0 radical (unpaired) electrons. The van der Waals surface area contributed by atoms with Crippen molar-refractivity contribution in [1.82, 2.24) is 0 Å². The van der Waals surface area contributed by atoms with Crippen LogP contribution in [0.25, 0.3) is 0 Å². The molecule has 1 N–H and O–H groups in total. The number of halogens is 1. The van der Waals surface area contributed by atoms with Gasteiger partial charge in [0.2, 0.25) is 0 Å². The van der Waals surface area contributed by atoms with Crippen molar-refractivity contribution >= 4 is 21.9 Å². The average molecular weight is 317 g/mol. The number of carboxylic acids is 1. The molecule has 0 fully saturated rings. The molecule has 100 valence electrons. The summed E-state index contributed by atoms with van der Waals surface area (Å²) in [6.45, 7) is 3.63. The number of methoxy groups -OCH3 is 2. The Morgan fingerprint density at radius 1 is 1.44 bits per heavy atom. The Labute approximate surface area is 115 Å². The predicted molar refractivity (Wildman–Crippen MR) is 72.7 cm³/mol. The quantitative estimate of drug-likeness (QED) is 0.906. The van der Waals surface area contributed by atoms with Crippen LogP contribution in [-0.2, 0) is 11.2 Å².